The molecule has 0 saturated heterocycles. The summed E-state index contributed by atoms with van der Waals surface area (Å²) in [6.45, 7) is 7.07. The van der Waals surface area contributed by atoms with Crippen LogP contribution >= 0.6 is 8.92 Å². The third kappa shape index (κ3) is 4.12. The molecule has 1 aromatic carbocycles. The Balaban J connectivity index is 2.99. The van der Waals surface area contributed by atoms with Crippen molar-refractivity contribution in [3.63, 3.8) is 0 Å². The molecule has 0 heterocycles. The second-order valence-electron chi connectivity index (χ2n) is 4.66. The molecule has 4 heteroatoms. The Morgan fingerprint density at radius 3 is 2.56 bits per heavy atom. The van der Waals surface area contributed by atoms with Gasteiger partial charge in [0.2, 0.25) is 0 Å². The number of hydrogen-bond donors (Lipinski definition) is 1. The molecule has 0 aliphatic rings. The van der Waals surface area contributed by atoms with Gasteiger partial charge < -0.3 is 0 Å². The molecule has 18 heavy (non-hydrogen) atoms. The second kappa shape index (κ2) is 7.73. The van der Waals surface area contributed by atoms with Crippen molar-refractivity contribution in [1.29, 1.82) is 0 Å². The van der Waals surface area contributed by atoms with E-state index in [-0.39, 0.29) is 6.04 Å². The van der Waals surface area contributed by atoms with Gasteiger partial charge in [-0.1, -0.05) is 0 Å². The Bertz CT molecular complexity index is 373. The van der Waals surface area contributed by atoms with Crippen molar-refractivity contribution in [1.82, 2.24) is 0 Å². The molecule has 1 rings (SSSR count). The van der Waals surface area contributed by atoms with E-state index in [1.165, 1.54) is 3.58 Å². The van der Waals surface area contributed by atoms with Crippen LogP contribution in [0, 0.1) is 0 Å². The van der Waals surface area contributed by atoms with E-state index in [1.54, 1.807) is 0 Å². The van der Waals surface area contributed by atoms with Gasteiger partial charge in [0, 0.05) is 0 Å². The SMILES string of the molecule is CCCC[O][Sn]([Cl])([CH2]C)[c]1ccccc1C(C)N. The molecule has 2 N–H and O–H groups in total. The van der Waals surface area contributed by atoms with E-state index in [4.69, 9.17) is 17.7 Å². The van der Waals surface area contributed by atoms with Gasteiger partial charge in [-0.25, -0.2) is 0 Å². The zero-order chi connectivity index (χ0) is 13.6. The van der Waals surface area contributed by atoms with E-state index < -0.39 is 17.7 Å². The van der Waals surface area contributed by atoms with Crippen LogP contribution in [0.2, 0.25) is 4.44 Å². The molecule has 0 aromatic heterocycles. The van der Waals surface area contributed by atoms with Crippen LogP contribution in [0.15, 0.2) is 24.3 Å². The van der Waals surface area contributed by atoms with Crippen molar-refractivity contribution in [3.8, 4) is 0 Å². The van der Waals surface area contributed by atoms with Crippen LogP contribution in [0.1, 0.15) is 45.2 Å². The molecule has 102 valence electrons. The molecule has 2 atom stereocenters. The average Bonchev–Trinajstić information content (AvgIpc) is 2.38. The third-order valence-electron chi connectivity index (χ3n) is 3.14. The molecular formula is C14H24ClNOSn. The van der Waals surface area contributed by atoms with Crippen LogP contribution in [-0.2, 0) is 3.07 Å². The van der Waals surface area contributed by atoms with Crippen molar-refractivity contribution in [3.05, 3.63) is 29.8 Å². The molecule has 0 fully saturated rings. The topological polar surface area (TPSA) is 35.2 Å². The summed E-state index contributed by atoms with van der Waals surface area (Å²) in [5.41, 5.74) is 7.19. The summed E-state index contributed by atoms with van der Waals surface area (Å²) in [6, 6.07) is 8.25. The zero-order valence-electron chi connectivity index (χ0n) is 11.6. The van der Waals surface area contributed by atoms with Crippen LogP contribution in [0.3, 0.4) is 0 Å². The van der Waals surface area contributed by atoms with E-state index in [1.807, 2.05) is 19.1 Å². The van der Waals surface area contributed by atoms with Crippen LogP contribution in [0.25, 0.3) is 0 Å². The van der Waals surface area contributed by atoms with Gasteiger partial charge in [0.25, 0.3) is 0 Å². The summed E-state index contributed by atoms with van der Waals surface area (Å²) in [5.74, 6) is 0. The zero-order valence-corrected chi connectivity index (χ0v) is 15.2. The molecule has 0 saturated carbocycles. The van der Waals surface area contributed by atoms with Gasteiger partial charge >= 0.3 is 119 Å². The predicted molar refractivity (Wildman–Crippen MR) is 81.6 cm³/mol. The van der Waals surface area contributed by atoms with E-state index in [0.717, 1.165) is 29.4 Å². The van der Waals surface area contributed by atoms with Crippen LogP contribution in [-0.4, -0.2) is 24.3 Å². The summed E-state index contributed by atoms with van der Waals surface area (Å²) in [4.78, 5) is 0. The van der Waals surface area contributed by atoms with Crippen LogP contribution in [0.4, 0.5) is 0 Å². The maximum atomic E-state index is 6.87. The summed E-state index contributed by atoms with van der Waals surface area (Å²) in [6.07, 6.45) is 2.21. The molecule has 0 radical (unpaired) electrons. The molecule has 2 unspecified atom stereocenters. The normalized spacial score (nSPS) is 16.3. The van der Waals surface area contributed by atoms with Crippen molar-refractivity contribution < 1.29 is 3.07 Å². The van der Waals surface area contributed by atoms with Gasteiger partial charge in [0.05, 0.1) is 0 Å². The Kier molecular flexibility index (Phi) is 6.99. The van der Waals surface area contributed by atoms with Crippen LogP contribution in [0.5, 0.6) is 0 Å². The fraction of sp³-hybridized carbons (Fsp3) is 0.571. The Morgan fingerprint density at radius 2 is 2.00 bits per heavy atom. The quantitative estimate of drug-likeness (QED) is 0.585. The van der Waals surface area contributed by atoms with Crippen molar-refractivity contribution in [2.45, 2.75) is 44.1 Å². The summed E-state index contributed by atoms with van der Waals surface area (Å²) in [7, 11) is 6.87. The summed E-state index contributed by atoms with van der Waals surface area (Å²) in [5, 5.41) is 0. The Hall–Kier alpha value is 0.229. The molecule has 1 aromatic rings. The molecular weight excluding hydrogens is 352 g/mol. The number of nitrogens with two attached hydrogens (primary N) is 1. The minimum absolute atomic E-state index is 0.0114. The number of halogens is 1. The molecule has 0 aliphatic carbocycles. The first-order valence-corrected chi connectivity index (χ1v) is 15.0. The Labute approximate surface area is 119 Å². The van der Waals surface area contributed by atoms with Gasteiger partial charge in [0.15, 0.2) is 0 Å². The summed E-state index contributed by atoms with van der Waals surface area (Å²) >= 11 is -3.17. The standard InChI is InChI=1S/C8H10N.C4H9O.C2H5.ClH.Sn/c1-7(9)8-5-3-2-4-6-8;1-2-3-4-5;1-2;;/h2-5,7H,9H2,1H3;2-4H2,1H3;1H2,2H3;1H;/q;-1;;;+2/p-1. The minimum atomic E-state index is -3.17. The second-order valence-corrected chi connectivity index (χ2v) is 17.3. The summed E-state index contributed by atoms with van der Waals surface area (Å²) < 4.78 is 8.26. The van der Waals surface area contributed by atoms with Gasteiger partial charge in [-0.3, -0.25) is 0 Å². The molecule has 0 aliphatic heterocycles. The first-order chi connectivity index (χ1) is 8.55. The van der Waals surface area contributed by atoms with Gasteiger partial charge in [0.1, 0.15) is 0 Å². The number of hydrogen-bond acceptors (Lipinski definition) is 2. The van der Waals surface area contributed by atoms with Gasteiger partial charge in [-0.05, 0) is 0 Å². The van der Waals surface area contributed by atoms with Crippen molar-refractivity contribution in [2.24, 2.45) is 5.73 Å². The molecule has 2 nitrogen and oxygen atoms in total. The maximum absolute atomic E-state index is 6.87. The average molecular weight is 377 g/mol. The fourth-order valence-corrected chi connectivity index (χ4v) is 10.2. The first-order valence-electron chi connectivity index (χ1n) is 6.73. The number of unbranched alkanes of at least 4 members (excludes halogenated alkanes) is 1. The van der Waals surface area contributed by atoms with Crippen LogP contribution < -0.4 is 9.31 Å². The Morgan fingerprint density at radius 1 is 1.33 bits per heavy atom. The third-order valence-corrected chi connectivity index (χ3v) is 15.1. The van der Waals surface area contributed by atoms with E-state index in [0.29, 0.717) is 0 Å². The number of rotatable bonds is 7. The van der Waals surface area contributed by atoms with Gasteiger partial charge in [-0.15, -0.1) is 0 Å². The van der Waals surface area contributed by atoms with E-state index in [2.05, 4.69) is 26.0 Å². The van der Waals surface area contributed by atoms with Crippen molar-refractivity contribution >= 4 is 30.2 Å². The van der Waals surface area contributed by atoms with Gasteiger partial charge in [-0.2, -0.15) is 0 Å². The van der Waals surface area contributed by atoms with E-state index in [9.17, 15) is 0 Å². The fourth-order valence-electron chi connectivity index (χ4n) is 1.98. The molecule has 0 spiro atoms. The molecule has 0 bridgehead atoms. The van der Waals surface area contributed by atoms with E-state index >= 15 is 0 Å². The number of benzene rings is 1. The predicted octanol–water partition coefficient (Wildman–Crippen LogP) is 3.43. The molecule has 0 amide bonds. The first kappa shape index (κ1) is 16.3. The monoisotopic (exact) mass is 377 g/mol. The van der Waals surface area contributed by atoms with Crippen molar-refractivity contribution in [2.75, 3.05) is 6.61 Å².